The van der Waals surface area contributed by atoms with Crippen molar-refractivity contribution in [2.24, 2.45) is 17.6 Å². The minimum atomic E-state index is -3.78. The zero-order chi connectivity index (χ0) is 17.2. The molecule has 2 unspecified atom stereocenters. The van der Waals surface area contributed by atoms with Crippen LogP contribution < -0.4 is 15.2 Å². The first-order chi connectivity index (χ1) is 11.5. The standard InChI is InChI=1S/C16H23FN2O4S.ClH/c17-14-7-13(24(20,21)19-8-15(18)12-1-2-12)3-4-16(14)23-10-11-5-6-22-9-11;/h3-4,7,11-12,15,19H,1-2,5-6,8-10,18H2;1H. The van der Waals surface area contributed by atoms with E-state index in [1.54, 1.807) is 0 Å². The van der Waals surface area contributed by atoms with Crippen LogP contribution in [-0.2, 0) is 14.8 Å². The van der Waals surface area contributed by atoms with Gasteiger partial charge in [-0.1, -0.05) is 0 Å². The van der Waals surface area contributed by atoms with Gasteiger partial charge in [0.25, 0.3) is 0 Å². The maximum Gasteiger partial charge on any atom is 0.240 e. The molecule has 2 aliphatic rings. The van der Waals surface area contributed by atoms with Crippen molar-refractivity contribution in [2.75, 3.05) is 26.4 Å². The van der Waals surface area contributed by atoms with Crippen molar-refractivity contribution in [2.45, 2.75) is 30.2 Å². The summed E-state index contributed by atoms with van der Waals surface area (Å²) in [7, 11) is -3.78. The smallest absolute Gasteiger partial charge is 0.240 e. The predicted octanol–water partition coefficient (Wildman–Crippen LogP) is 1.68. The second-order valence-electron chi connectivity index (χ2n) is 6.49. The molecule has 3 N–H and O–H groups in total. The maximum atomic E-state index is 14.1. The summed E-state index contributed by atoms with van der Waals surface area (Å²) in [5.74, 6) is -0.00280. The van der Waals surface area contributed by atoms with Gasteiger partial charge < -0.3 is 15.2 Å². The summed E-state index contributed by atoms with van der Waals surface area (Å²) in [6.07, 6.45) is 2.96. The van der Waals surface area contributed by atoms with Gasteiger partial charge in [0, 0.05) is 25.1 Å². The highest BCUT2D eigenvalue weighted by Crippen LogP contribution is 2.31. The number of hydrogen-bond acceptors (Lipinski definition) is 5. The summed E-state index contributed by atoms with van der Waals surface area (Å²) < 4.78 is 51.7. The van der Waals surface area contributed by atoms with Gasteiger partial charge in [0.2, 0.25) is 10.0 Å². The Balaban J connectivity index is 0.00000225. The number of rotatable bonds is 8. The Morgan fingerprint density at radius 3 is 2.72 bits per heavy atom. The number of nitrogens with one attached hydrogen (secondary N) is 1. The van der Waals surface area contributed by atoms with Crippen LogP contribution in [0.4, 0.5) is 4.39 Å². The third-order valence-electron chi connectivity index (χ3n) is 4.45. The number of hydrogen-bond donors (Lipinski definition) is 2. The van der Waals surface area contributed by atoms with E-state index in [-0.39, 0.29) is 41.6 Å². The van der Waals surface area contributed by atoms with Crippen LogP contribution in [-0.4, -0.2) is 40.8 Å². The third kappa shape index (κ3) is 5.52. The first-order valence-electron chi connectivity index (χ1n) is 8.21. The number of ether oxygens (including phenoxy) is 2. The van der Waals surface area contributed by atoms with Gasteiger partial charge in [-0.25, -0.2) is 17.5 Å². The van der Waals surface area contributed by atoms with Crippen molar-refractivity contribution >= 4 is 22.4 Å². The molecule has 2 fully saturated rings. The molecule has 1 saturated heterocycles. The first-order valence-corrected chi connectivity index (χ1v) is 9.69. The fourth-order valence-corrected chi connectivity index (χ4v) is 3.75. The van der Waals surface area contributed by atoms with Gasteiger partial charge in [-0.2, -0.15) is 0 Å². The summed E-state index contributed by atoms with van der Waals surface area (Å²) in [5, 5.41) is 0. The first kappa shape index (κ1) is 20.4. The number of nitrogens with two attached hydrogens (primary N) is 1. The normalized spacial score (nSPS) is 21.6. The molecule has 0 bridgehead atoms. The molecule has 0 aromatic heterocycles. The van der Waals surface area contributed by atoms with Crippen molar-refractivity contribution in [3.63, 3.8) is 0 Å². The molecule has 25 heavy (non-hydrogen) atoms. The SMILES string of the molecule is Cl.NC(CNS(=O)(=O)c1ccc(OCC2CCOC2)c(F)c1)C1CC1. The Kier molecular flexibility index (Phi) is 7.04. The van der Waals surface area contributed by atoms with E-state index in [0.717, 1.165) is 25.3 Å². The summed E-state index contributed by atoms with van der Waals surface area (Å²) in [6, 6.07) is 3.47. The van der Waals surface area contributed by atoms with Crippen LogP contribution in [0.2, 0.25) is 0 Å². The molecule has 1 aromatic rings. The zero-order valence-corrected chi connectivity index (χ0v) is 15.5. The second kappa shape index (κ2) is 8.64. The Labute approximate surface area is 153 Å². The van der Waals surface area contributed by atoms with Gasteiger partial charge in [-0.05, 0) is 43.4 Å². The lowest BCUT2D eigenvalue weighted by molar-refractivity contribution is 0.165. The average molecular weight is 395 g/mol. The molecular formula is C16H24ClFN2O4S. The van der Waals surface area contributed by atoms with Crippen molar-refractivity contribution < 1.29 is 22.3 Å². The topological polar surface area (TPSA) is 90.7 Å². The zero-order valence-electron chi connectivity index (χ0n) is 13.8. The summed E-state index contributed by atoms with van der Waals surface area (Å²) in [4.78, 5) is -0.125. The Hall–Kier alpha value is -0.930. The minimum Gasteiger partial charge on any atom is -0.490 e. The molecule has 1 aliphatic carbocycles. The molecule has 2 atom stereocenters. The van der Waals surface area contributed by atoms with Crippen LogP contribution in [0.3, 0.4) is 0 Å². The van der Waals surface area contributed by atoms with E-state index in [2.05, 4.69) is 4.72 Å². The molecule has 3 rings (SSSR count). The second-order valence-corrected chi connectivity index (χ2v) is 8.25. The number of sulfonamides is 1. The van der Waals surface area contributed by atoms with Gasteiger partial charge in [-0.15, -0.1) is 12.4 Å². The van der Waals surface area contributed by atoms with Crippen molar-refractivity contribution in [1.29, 1.82) is 0 Å². The van der Waals surface area contributed by atoms with E-state index in [1.807, 2.05) is 0 Å². The van der Waals surface area contributed by atoms with Gasteiger partial charge in [-0.3, -0.25) is 0 Å². The van der Waals surface area contributed by atoms with Gasteiger partial charge >= 0.3 is 0 Å². The van der Waals surface area contributed by atoms with Crippen LogP contribution in [0.1, 0.15) is 19.3 Å². The van der Waals surface area contributed by atoms with E-state index in [4.69, 9.17) is 15.2 Å². The highest BCUT2D eigenvalue weighted by Gasteiger charge is 2.29. The lowest BCUT2D eigenvalue weighted by Gasteiger charge is -2.14. The van der Waals surface area contributed by atoms with E-state index >= 15 is 0 Å². The molecule has 0 spiro atoms. The molecule has 6 nitrogen and oxygen atoms in total. The lowest BCUT2D eigenvalue weighted by Crippen LogP contribution is -2.38. The van der Waals surface area contributed by atoms with Crippen LogP contribution in [0.15, 0.2) is 23.1 Å². The van der Waals surface area contributed by atoms with Gasteiger partial charge in [0.1, 0.15) is 0 Å². The fraction of sp³-hybridized carbons (Fsp3) is 0.625. The molecular weight excluding hydrogens is 371 g/mol. The van der Waals surface area contributed by atoms with E-state index in [1.165, 1.54) is 12.1 Å². The predicted molar refractivity (Wildman–Crippen MR) is 94.0 cm³/mol. The molecule has 9 heteroatoms. The molecule has 0 amide bonds. The number of halogens is 2. The summed E-state index contributed by atoms with van der Waals surface area (Å²) >= 11 is 0. The van der Waals surface area contributed by atoms with Crippen molar-refractivity contribution in [1.82, 2.24) is 4.72 Å². The molecule has 1 heterocycles. The molecule has 1 saturated carbocycles. The quantitative estimate of drug-likeness (QED) is 0.700. The molecule has 142 valence electrons. The van der Waals surface area contributed by atoms with E-state index in [9.17, 15) is 12.8 Å². The van der Waals surface area contributed by atoms with Crippen LogP contribution >= 0.6 is 12.4 Å². The molecule has 1 aliphatic heterocycles. The average Bonchev–Trinajstić information content (AvgIpc) is 3.28. The van der Waals surface area contributed by atoms with Crippen molar-refractivity contribution in [3.05, 3.63) is 24.0 Å². The Bertz CT molecular complexity index is 679. The third-order valence-corrected chi connectivity index (χ3v) is 5.87. The van der Waals surface area contributed by atoms with E-state index < -0.39 is 15.8 Å². The van der Waals surface area contributed by atoms with Crippen LogP contribution in [0, 0.1) is 17.7 Å². The summed E-state index contributed by atoms with van der Waals surface area (Å²) in [5.41, 5.74) is 5.89. The maximum absolute atomic E-state index is 14.1. The van der Waals surface area contributed by atoms with Gasteiger partial charge in [0.15, 0.2) is 11.6 Å². The van der Waals surface area contributed by atoms with Crippen molar-refractivity contribution in [3.8, 4) is 5.75 Å². The van der Waals surface area contributed by atoms with Crippen LogP contribution in [0.5, 0.6) is 5.75 Å². The fourth-order valence-electron chi connectivity index (χ4n) is 2.67. The number of benzene rings is 1. The molecule has 0 radical (unpaired) electrons. The largest absolute Gasteiger partial charge is 0.490 e. The lowest BCUT2D eigenvalue weighted by atomic mass is 10.1. The minimum absolute atomic E-state index is 0. The van der Waals surface area contributed by atoms with Crippen LogP contribution in [0.25, 0.3) is 0 Å². The Morgan fingerprint density at radius 2 is 2.12 bits per heavy atom. The van der Waals surface area contributed by atoms with Gasteiger partial charge in [0.05, 0.1) is 18.1 Å². The Morgan fingerprint density at radius 1 is 1.36 bits per heavy atom. The molecule has 1 aromatic carbocycles. The highest BCUT2D eigenvalue weighted by atomic mass is 35.5. The summed E-state index contributed by atoms with van der Waals surface area (Å²) in [6.45, 7) is 1.83. The monoisotopic (exact) mass is 394 g/mol. The van der Waals surface area contributed by atoms with E-state index in [0.29, 0.717) is 25.7 Å². The highest BCUT2D eigenvalue weighted by molar-refractivity contribution is 7.89.